The van der Waals surface area contributed by atoms with Crippen molar-refractivity contribution < 1.29 is 4.74 Å². The summed E-state index contributed by atoms with van der Waals surface area (Å²) in [6.07, 6.45) is 0.722. The quantitative estimate of drug-likeness (QED) is 0.681. The van der Waals surface area contributed by atoms with Crippen molar-refractivity contribution in [3.05, 3.63) is 41.5 Å². The van der Waals surface area contributed by atoms with Crippen LogP contribution in [0.5, 0.6) is 5.75 Å². The maximum absolute atomic E-state index is 8.87. The highest BCUT2D eigenvalue weighted by molar-refractivity contribution is 5.44. The van der Waals surface area contributed by atoms with Gasteiger partial charge in [-0.1, -0.05) is 12.2 Å². The van der Waals surface area contributed by atoms with Gasteiger partial charge in [-0.3, -0.25) is 0 Å². The third-order valence-electron chi connectivity index (χ3n) is 1.93. The summed E-state index contributed by atoms with van der Waals surface area (Å²) in [4.78, 5) is 0. The lowest BCUT2D eigenvalue weighted by Gasteiger charge is -2.06. The summed E-state index contributed by atoms with van der Waals surface area (Å²) < 4.78 is 5.10. The number of nitrogens with zero attached hydrogens (tertiary/aromatic N) is 1. The second-order valence-corrected chi connectivity index (χ2v) is 3.27. The third-order valence-corrected chi connectivity index (χ3v) is 1.93. The molecule has 72 valence electrons. The van der Waals surface area contributed by atoms with Crippen LogP contribution in [-0.4, -0.2) is 7.11 Å². The van der Waals surface area contributed by atoms with E-state index >= 15 is 0 Å². The second kappa shape index (κ2) is 4.48. The Morgan fingerprint density at radius 3 is 2.79 bits per heavy atom. The number of allylic oxidation sites excluding steroid dienone is 1. The van der Waals surface area contributed by atoms with Gasteiger partial charge in [0.05, 0.1) is 18.7 Å². The Hall–Kier alpha value is -1.75. The summed E-state index contributed by atoms with van der Waals surface area (Å²) in [5.74, 6) is 0.778. The molecule has 0 bridgehead atoms. The van der Waals surface area contributed by atoms with Gasteiger partial charge >= 0.3 is 0 Å². The molecule has 1 rings (SSSR count). The average Bonchev–Trinajstić information content (AvgIpc) is 2.16. The number of methoxy groups -OCH3 is 1. The smallest absolute Gasteiger partial charge is 0.119 e. The maximum Gasteiger partial charge on any atom is 0.119 e. The Balaban J connectivity index is 3.09. The normalized spacial score (nSPS) is 9.21. The van der Waals surface area contributed by atoms with Gasteiger partial charge in [0.25, 0.3) is 0 Å². The zero-order valence-electron chi connectivity index (χ0n) is 8.50. The zero-order chi connectivity index (χ0) is 10.6. The van der Waals surface area contributed by atoms with E-state index in [0.717, 1.165) is 23.3 Å². The number of nitriles is 1. The van der Waals surface area contributed by atoms with E-state index in [1.54, 1.807) is 19.2 Å². The molecule has 0 saturated heterocycles. The lowest BCUT2D eigenvalue weighted by molar-refractivity contribution is 0.414. The topological polar surface area (TPSA) is 33.0 Å². The van der Waals surface area contributed by atoms with Gasteiger partial charge in [-0.2, -0.15) is 5.26 Å². The van der Waals surface area contributed by atoms with Crippen LogP contribution in [0.4, 0.5) is 0 Å². The van der Waals surface area contributed by atoms with Crippen LogP contribution in [0.15, 0.2) is 30.4 Å². The van der Waals surface area contributed by atoms with Gasteiger partial charge in [0.2, 0.25) is 0 Å². The van der Waals surface area contributed by atoms with E-state index in [9.17, 15) is 0 Å². The Morgan fingerprint density at radius 1 is 1.57 bits per heavy atom. The molecule has 0 radical (unpaired) electrons. The Labute approximate surface area is 84.4 Å². The minimum absolute atomic E-state index is 0.689. The van der Waals surface area contributed by atoms with E-state index in [4.69, 9.17) is 10.00 Å². The molecular weight excluding hydrogens is 174 g/mol. The molecule has 0 aliphatic rings. The van der Waals surface area contributed by atoms with E-state index in [1.807, 2.05) is 13.0 Å². The monoisotopic (exact) mass is 187 g/mol. The highest BCUT2D eigenvalue weighted by atomic mass is 16.5. The number of ether oxygens (including phenoxy) is 1. The molecule has 0 atom stereocenters. The van der Waals surface area contributed by atoms with Crippen LogP contribution >= 0.6 is 0 Å². The van der Waals surface area contributed by atoms with E-state index in [0.29, 0.717) is 5.56 Å². The van der Waals surface area contributed by atoms with Crippen LogP contribution in [0.25, 0.3) is 0 Å². The molecule has 0 aromatic heterocycles. The minimum Gasteiger partial charge on any atom is -0.497 e. The highest BCUT2D eigenvalue weighted by Gasteiger charge is 2.03. The summed E-state index contributed by atoms with van der Waals surface area (Å²) >= 11 is 0. The van der Waals surface area contributed by atoms with Crippen molar-refractivity contribution in [2.75, 3.05) is 7.11 Å². The molecule has 0 saturated carbocycles. The van der Waals surface area contributed by atoms with Crippen LogP contribution in [-0.2, 0) is 6.42 Å². The molecule has 14 heavy (non-hydrogen) atoms. The fourth-order valence-corrected chi connectivity index (χ4v) is 1.28. The Kier molecular flexibility index (Phi) is 3.30. The number of benzene rings is 1. The lowest BCUT2D eigenvalue weighted by Crippen LogP contribution is -1.93. The first kappa shape index (κ1) is 10.3. The predicted octanol–water partition coefficient (Wildman–Crippen LogP) is 2.69. The van der Waals surface area contributed by atoms with Crippen molar-refractivity contribution in [3.63, 3.8) is 0 Å². The molecule has 0 aliphatic carbocycles. The summed E-state index contributed by atoms with van der Waals surface area (Å²) in [7, 11) is 1.62. The molecule has 0 aliphatic heterocycles. The first-order valence-electron chi connectivity index (χ1n) is 4.38. The summed E-state index contributed by atoms with van der Waals surface area (Å²) in [6.45, 7) is 5.78. The van der Waals surface area contributed by atoms with Gasteiger partial charge in [-0.15, -0.1) is 0 Å². The van der Waals surface area contributed by atoms with Gasteiger partial charge in [0.1, 0.15) is 5.75 Å². The van der Waals surface area contributed by atoms with Crippen molar-refractivity contribution in [1.82, 2.24) is 0 Å². The van der Waals surface area contributed by atoms with E-state index < -0.39 is 0 Å². The minimum atomic E-state index is 0.689. The molecular formula is C12H13NO. The van der Waals surface area contributed by atoms with Gasteiger partial charge in [0.15, 0.2) is 0 Å². The van der Waals surface area contributed by atoms with Crippen molar-refractivity contribution in [2.45, 2.75) is 13.3 Å². The second-order valence-electron chi connectivity index (χ2n) is 3.27. The van der Waals surface area contributed by atoms with Crippen molar-refractivity contribution in [2.24, 2.45) is 0 Å². The van der Waals surface area contributed by atoms with Gasteiger partial charge in [-0.25, -0.2) is 0 Å². The predicted molar refractivity (Wildman–Crippen MR) is 56.2 cm³/mol. The first-order chi connectivity index (χ1) is 6.67. The fraction of sp³-hybridized carbons (Fsp3) is 0.250. The van der Waals surface area contributed by atoms with Crippen molar-refractivity contribution in [3.8, 4) is 11.8 Å². The largest absolute Gasteiger partial charge is 0.497 e. The third kappa shape index (κ3) is 2.37. The van der Waals surface area contributed by atoms with Gasteiger partial charge in [0, 0.05) is 0 Å². The van der Waals surface area contributed by atoms with Crippen LogP contribution in [0, 0.1) is 11.3 Å². The molecule has 2 heteroatoms. The molecule has 0 fully saturated rings. The summed E-state index contributed by atoms with van der Waals surface area (Å²) in [5, 5.41) is 8.87. The van der Waals surface area contributed by atoms with Gasteiger partial charge in [-0.05, 0) is 37.1 Å². The van der Waals surface area contributed by atoms with E-state index in [2.05, 4.69) is 12.6 Å². The first-order valence-corrected chi connectivity index (χ1v) is 4.38. The molecule has 0 N–H and O–H groups in total. The summed E-state index contributed by atoms with van der Waals surface area (Å²) in [5.41, 5.74) is 2.70. The van der Waals surface area contributed by atoms with Crippen LogP contribution in [0.2, 0.25) is 0 Å². The average molecular weight is 187 g/mol. The lowest BCUT2D eigenvalue weighted by atomic mass is 10.0. The molecule has 0 spiro atoms. The molecule has 0 heterocycles. The molecule has 0 unspecified atom stereocenters. The van der Waals surface area contributed by atoms with E-state index in [1.165, 1.54) is 0 Å². The van der Waals surface area contributed by atoms with Crippen LogP contribution < -0.4 is 4.74 Å². The Morgan fingerprint density at radius 2 is 2.29 bits per heavy atom. The molecule has 2 nitrogen and oxygen atoms in total. The van der Waals surface area contributed by atoms with Gasteiger partial charge < -0.3 is 4.74 Å². The maximum atomic E-state index is 8.87. The zero-order valence-corrected chi connectivity index (χ0v) is 8.50. The fourth-order valence-electron chi connectivity index (χ4n) is 1.28. The van der Waals surface area contributed by atoms with Crippen molar-refractivity contribution >= 4 is 0 Å². The number of hydrogen-bond acceptors (Lipinski definition) is 2. The van der Waals surface area contributed by atoms with Crippen LogP contribution in [0.3, 0.4) is 0 Å². The molecule has 0 amide bonds. The van der Waals surface area contributed by atoms with E-state index in [-0.39, 0.29) is 0 Å². The Bertz CT molecular complexity index is 388. The molecule has 1 aromatic carbocycles. The SMILES string of the molecule is C=C(C)Cc1cc(OC)ccc1C#N. The van der Waals surface area contributed by atoms with Crippen molar-refractivity contribution in [1.29, 1.82) is 5.26 Å². The number of hydrogen-bond donors (Lipinski definition) is 0. The van der Waals surface area contributed by atoms with Crippen LogP contribution in [0.1, 0.15) is 18.1 Å². The number of rotatable bonds is 3. The standard InChI is InChI=1S/C12H13NO/c1-9(2)6-11-7-12(14-3)5-4-10(11)8-13/h4-5,7H,1,6H2,2-3H3. The molecule has 1 aromatic rings. The summed E-state index contributed by atoms with van der Waals surface area (Å²) in [6, 6.07) is 7.60. The highest BCUT2D eigenvalue weighted by Crippen LogP contribution is 2.19.